The number of carbonyl (C=O) groups excluding carboxylic acids is 1. The Labute approximate surface area is 157 Å². The molecule has 0 aliphatic rings. The lowest BCUT2D eigenvalue weighted by molar-refractivity contribution is 0.251. The van der Waals surface area contributed by atoms with Crippen molar-refractivity contribution in [3.05, 3.63) is 52.0 Å². The van der Waals surface area contributed by atoms with Gasteiger partial charge in [-0.05, 0) is 45.4 Å². The van der Waals surface area contributed by atoms with E-state index in [2.05, 4.69) is 20.6 Å². The van der Waals surface area contributed by atoms with Crippen LogP contribution in [-0.2, 0) is 19.6 Å². The van der Waals surface area contributed by atoms with E-state index in [1.807, 2.05) is 39.8 Å². The fraction of sp³-hybridized carbons (Fsp3) is 0.368. The molecule has 3 aromatic rings. The van der Waals surface area contributed by atoms with Gasteiger partial charge >= 0.3 is 11.7 Å². The van der Waals surface area contributed by atoms with Gasteiger partial charge in [0.2, 0.25) is 0 Å². The molecule has 0 bridgehead atoms. The first-order valence-corrected chi connectivity index (χ1v) is 9.00. The predicted molar refractivity (Wildman–Crippen MR) is 105 cm³/mol. The van der Waals surface area contributed by atoms with Gasteiger partial charge in [0, 0.05) is 25.0 Å². The molecule has 0 spiro atoms. The van der Waals surface area contributed by atoms with Gasteiger partial charge in [0.05, 0.1) is 35.2 Å². The molecule has 0 aliphatic heterocycles. The van der Waals surface area contributed by atoms with Crippen LogP contribution in [0, 0.1) is 13.8 Å². The third kappa shape index (κ3) is 3.69. The normalized spacial score (nSPS) is 11.0. The molecule has 27 heavy (non-hydrogen) atoms. The van der Waals surface area contributed by atoms with Crippen LogP contribution in [0.25, 0.3) is 11.0 Å². The minimum Gasteiger partial charge on any atom is -0.332 e. The molecular formula is C19H24N6O2. The zero-order chi connectivity index (χ0) is 19.6. The Balaban J connectivity index is 1.81. The number of hydrogen-bond donors (Lipinski definition) is 2. The maximum atomic E-state index is 12.5. The number of urea groups is 1. The highest BCUT2D eigenvalue weighted by Crippen LogP contribution is 2.23. The van der Waals surface area contributed by atoms with Gasteiger partial charge in [-0.2, -0.15) is 0 Å². The second-order valence-electron chi connectivity index (χ2n) is 6.38. The van der Waals surface area contributed by atoms with E-state index >= 15 is 0 Å². The monoisotopic (exact) mass is 368 g/mol. The van der Waals surface area contributed by atoms with Crippen LogP contribution in [0.5, 0.6) is 0 Å². The van der Waals surface area contributed by atoms with Crippen LogP contribution in [0.2, 0.25) is 0 Å². The summed E-state index contributed by atoms with van der Waals surface area (Å²) in [5, 5.41) is 5.63. The molecule has 3 rings (SSSR count). The average Bonchev–Trinajstić information content (AvgIpc) is 2.91. The first-order chi connectivity index (χ1) is 12.9. The molecule has 1 aromatic carbocycles. The molecule has 8 nitrogen and oxygen atoms in total. The van der Waals surface area contributed by atoms with Crippen LogP contribution in [0.4, 0.5) is 10.5 Å². The van der Waals surface area contributed by atoms with Gasteiger partial charge in [-0.1, -0.05) is 0 Å². The summed E-state index contributed by atoms with van der Waals surface area (Å²) in [7, 11) is 0. The minimum absolute atomic E-state index is 0.0334. The fourth-order valence-electron chi connectivity index (χ4n) is 3.06. The summed E-state index contributed by atoms with van der Waals surface area (Å²) < 4.78 is 3.45. The van der Waals surface area contributed by atoms with Crippen LogP contribution >= 0.6 is 0 Å². The third-order valence-electron chi connectivity index (χ3n) is 4.51. The summed E-state index contributed by atoms with van der Waals surface area (Å²) in [4.78, 5) is 33.1. The topological polar surface area (TPSA) is 93.8 Å². The highest BCUT2D eigenvalue weighted by atomic mass is 16.2. The first kappa shape index (κ1) is 18.6. The summed E-state index contributed by atoms with van der Waals surface area (Å²) in [6, 6.07) is 3.46. The van der Waals surface area contributed by atoms with E-state index in [-0.39, 0.29) is 18.3 Å². The maximum Gasteiger partial charge on any atom is 0.329 e. The molecule has 0 unspecified atom stereocenters. The summed E-state index contributed by atoms with van der Waals surface area (Å²) in [6.07, 6.45) is 3.30. The number of nitrogens with zero attached hydrogens (tertiary/aromatic N) is 4. The van der Waals surface area contributed by atoms with E-state index in [0.717, 1.165) is 22.3 Å². The number of aromatic nitrogens is 4. The summed E-state index contributed by atoms with van der Waals surface area (Å²) >= 11 is 0. The van der Waals surface area contributed by atoms with Crippen LogP contribution in [0.1, 0.15) is 30.8 Å². The molecule has 0 aliphatic carbocycles. The van der Waals surface area contributed by atoms with E-state index in [4.69, 9.17) is 0 Å². The number of carbonyl (C=O) groups is 1. The summed E-state index contributed by atoms with van der Waals surface area (Å²) in [5.74, 6) is 0. The lowest BCUT2D eigenvalue weighted by atomic mass is 10.1. The Morgan fingerprint density at radius 3 is 2.30 bits per heavy atom. The number of nitrogens with one attached hydrogen (secondary N) is 2. The van der Waals surface area contributed by atoms with Gasteiger partial charge in [0.15, 0.2) is 0 Å². The minimum atomic E-state index is -0.333. The molecule has 0 saturated heterocycles. The maximum absolute atomic E-state index is 12.5. The van der Waals surface area contributed by atoms with Crippen molar-refractivity contribution in [2.24, 2.45) is 0 Å². The van der Waals surface area contributed by atoms with Crippen molar-refractivity contribution in [1.82, 2.24) is 24.4 Å². The van der Waals surface area contributed by atoms with Gasteiger partial charge in [0.1, 0.15) is 0 Å². The van der Waals surface area contributed by atoms with Gasteiger partial charge in [-0.15, -0.1) is 0 Å². The lowest BCUT2D eigenvalue weighted by Crippen LogP contribution is -2.28. The number of amides is 2. The van der Waals surface area contributed by atoms with Crippen molar-refractivity contribution in [2.75, 3.05) is 5.32 Å². The van der Waals surface area contributed by atoms with Crippen molar-refractivity contribution in [1.29, 1.82) is 0 Å². The molecule has 142 valence electrons. The number of aryl methyl sites for hydroxylation is 4. The number of rotatable bonds is 5. The standard InChI is InChI=1S/C19H24N6O2/c1-5-24-16-7-12(3)15(8-17(16)25(6-2)19(24)27)23-18(26)22-11-14-10-20-13(4)9-21-14/h7-10H,5-6,11H2,1-4H3,(H2,22,23,26). The number of fused-ring (bicyclic) bond motifs is 1. The molecule has 0 atom stereocenters. The molecular weight excluding hydrogens is 344 g/mol. The highest BCUT2D eigenvalue weighted by molar-refractivity contribution is 5.93. The number of anilines is 1. The van der Waals surface area contributed by atoms with Crippen molar-refractivity contribution < 1.29 is 4.79 Å². The molecule has 2 aromatic heterocycles. The van der Waals surface area contributed by atoms with E-state index in [0.29, 0.717) is 24.5 Å². The molecule has 2 amide bonds. The van der Waals surface area contributed by atoms with Crippen LogP contribution in [-0.4, -0.2) is 25.1 Å². The molecule has 0 saturated carbocycles. The van der Waals surface area contributed by atoms with Crippen molar-refractivity contribution in [2.45, 2.75) is 47.3 Å². The molecule has 8 heteroatoms. The van der Waals surface area contributed by atoms with E-state index < -0.39 is 0 Å². The lowest BCUT2D eigenvalue weighted by Gasteiger charge is -2.11. The van der Waals surface area contributed by atoms with Gasteiger partial charge < -0.3 is 10.6 Å². The number of hydrogen-bond acceptors (Lipinski definition) is 4. The molecule has 2 heterocycles. The average molecular weight is 368 g/mol. The second kappa shape index (κ2) is 7.61. The quantitative estimate of drug-likeness (QED) is 0.724. The number of benzene rings is 1. The van der Waals surface area contributed by atoms with Crippen molar-refractivity contribution in [3.8, 4) is 0 Å². The highest BCUT2D eigenvalue weighted by Gasteiger charge is 2.14. The zero-order valence-electron chi connectivity index (χ0n) is 16.0. The van der Waals surface area contributed by atoms with Crippen LogP contribution in [0.3, 0.4) is 0 Å². The van der Waals surface area contributed by atoms with Crippen molar-refractivity contribution in [3.63, 3.8) is 0 Å². The largest absolute Gasteiger partial charge is 0.332 e. The summed E-state index contributed by atoms with van der Waals surface area (Å²) in [6.45, 7) is 9.11. The molecule has 2 N–H and O–H groups in total. The Kier molecular flexibility index (Phi) is 5.25. The SMILES string of the molecule is CCn1c(=O)n(CC)c2cc(NC(=O)NCc3cnc(C)cn3)c(C)cc21. The van der Waals surface area contributed by atoms with E-state index in [1.165, 1.54) is 0 Å². The zero-order valence-corrected chi connectivity index (χ0v) is 16.0. The Morgan fingerprint density at radius 2 is 1.70 bits per heavy atom. The van der Waals surface area contributed by atoms with Crippen molar-refractivity contribution >= 4 is 22.8 Å². The van der Waals surface area contributed by atoms with E-state index in [9.17, 15) is 9.59 Å². The predicted octanol–water partition coefficient (Wildman–Crippen LogP) is 2.57. The van der Waals surface area contributed by atoms with Crippen LogP contribution < -0.4 is 16.3 Å². The molecule has 0 fully saturated rings. The third-order valence-corrected chi connectivity index (χ3v) is 4.51. The molecule has 0 radical (unpaired) electrons. The smallest absolute Gasteiger partial charge is 0.329 e. The Hall–Kier alpha value is -3.16. The second-order valence-corrected chi connectivity index (χ2v) is 6.38. The van der Waals surface area contributed by atoms with Gasteiger partial charge in [0.25, 0.3) is 0 Å². The van der Waals surface area contributed by atoms with E-state index in [1.54, 1.807) is 21.5 Å². The van der Waals surface area contributed by atoms with Gasteiger partial charge in [-0.25, -0.2) is 9.59 Å². The Morgan fingerprint density at radius 1 is 1.04 bits per heavy atom. The first-order valence-electron chi connectivity index (χ1n) is 9.00. The number of imidazole rings is 1. The van der Waals surface area contributed by atoms with Crippen LogP contribution in [0.15, 0.2) is 29.3 Å². The Bertz CT molecular complexity index is 1030. The van der Waals surface area contributed by atoms with Gasteiger partial charge in [-0.3, -0.25) is 19.1 Å². The fourth-order valence-corrected chi connectivity index (χ4v) is 3.06. The summed E-state index contributed by atoms with van der Waals surface area (Å²) in [5.41, 5.74) is 4.73.